The van der Waals surface area contributed by atoms with E-state index in [1.165, 1.54) is 4.31 Å². The van der Waals surface area contributed by atoms with Gasteiger partial charge in [-0.25, -0.2) is 13.4 Å². The van der Waals surface area contributed by atoms with Crippen LogP contribution >= 0.6 is 0 Å². The van der Waals surface area contributed by atoms with Crippen molar-refractivity contribution in [2.24, 2.45) is 0 Å². The highest BCUT2D eigenvalue weighted by Crippen LogP contribution is 2.23. The van der Waals surface area contributed by atoms with Gasteiger partial charge in [-0.05, 0) is 45.0 Å². The van der Waals surface area contributed by atoms with Crippen molar-refractivity contribution in [2.45, 2.75) is 31.8 Å². The minimum atomic E-state index is -3.54. The number of aryl methyl sites for hydroxylation is 1. The molecule has 9 heteroatoms. The molecule has 0 aliphatic carbocycles. The summed E-state index contributed by atoms with van der Waals surface area (Å²) in [6.07, 6.45) is 0.0219. The number of ether oxygens (including phenoxy) is 2. The van der Waals surface area contributed by atoms with Gasteiger partial charge in [-0.2, -0.15) is 9.29 Å². The van der Waals surface area contributed by atoms with Crippen LogP contribution in [-0.4, -0.2) is 62.1 Å². The van der Waals surface area contributed by atoms with Crippen LogP contribution in [0.3, 0.4) is 0 Å². The molecule has 0 amide bonds. The quantitative estimate of drug-likeness (QED) is 0.726. The molecule has 1 saturated heterocycles. The normalized spacial score (nSPS) is 15.7. The SMILES string of the molecule is COc1ccc(S(=O)(=O)N2CCN(c3nc(C)cc(OC(C)C)n3)CC2)cc1. The highest BCUT2D eigenvalue weighted by molar-refractivity contribution is 7.89. The van der Waals surface area contributed by atoms with Crippen molar-refractivity contribution in [2.75, 3.05) is 38.2 Å². The fraction of sp³-hybridized carbons (Fsp3) is 0.474. The van der Waals surface area contributed by atoms with Crippen LogP contribution in [0.2, 0.25) is 0 Å². The molecule has 28 heavy (non-hydrogen) atoms. The first-order chi connectivity index (χ1) is 13.3. The monoisotopic (exact) mass is 406 g/mol. The third-order valence-corrected chi connectivity index (χ3v) is 6.31. The first-order valence-corrected chi connectivity index (χ1v) is 10.6. The average Bonchev–Trinajstić information content (AvgIpc) is 2.67. The van der Waals surface area contributed by atoms with E-state index in [1.807, 2.05) is 25.7 Å². The Labute approximate surface area is 166 Å². The Kier molecular flexibility index (Phi) is 6.04. The van der Waals surface area contributed by atoms with Gasteiger partial charge in [0.05, 0.1) is 18.1 Å². The van der Waals surface area contributed by atoms with Crippen molar-refractivity contribution in [3.63, 3.8) is 0 Å². The van der Waals surface area contributed by atoms with Crippen molar-refractivity contribution in [1.82, 2.24) is 14.3 Å². The van der Waals surface area contributed by atoms with E-state index in [9.17, 15) is 8.42 Å². The second-order valence-electron chi connectivity index (χ2n) is 6.88. The molecule has 1 aliphatic rings. The number of benzene rings is 1. The second kappa shape index (κ2) is 8.32. The molecule has 1 aromatic carbocycles. The molecule has 2 heterocycles. The van der Waals surface area contributed by atoms with Crippen molar-refractivity contribution >= 4 is 16.0 Å². The first-order valence-electron chi connectivity index (χ1n) is 9.21. The first kappa shape index (κ1) is 20.3. The number of rotatable bonds is 6. The fourth-order valence-electron chi connectivity index (χ4n) is 2.99. The van der Waals surface area contributed by atoms with Gasteiger partial charge >= 0.3 is 0 Å². The van der Waals surface area contributed by atoms with Crippen LogP contribution in [0.1, 0.15) is 19.5 Å². The second-order valence-corrected chi connectivity index (χ2v) is 8.82. The van der Waals surface area contributed by atoms with Crippen LogP contribution < -0.4 is 14.4 Å². The van der Waals surface area contributed by atoms with Crippen LogP contribution in [0.4, 0.5) is 5.95 Å². The molecule has 0 N–H and O–H groups in total. The lowest BCUT2D eigenvalue weighted by Gasteiger charge is -2.34. The fourth-order valence-corrected chi connectivity index (χ4v) is 4.42. The molecule has 3 rings (SSSR count). The summed E-state index contributed by atoms with van der Waals surface area (Å²) in [5.41, 5.74) is 0.814. The number of piperazine rings is 1. The highest BCUT2D eigenvalue weighted by atomic mass is 32.2. The molecule has 0 unspecified atom stereocenters. The Morgan fingerprint density at radius 3 is 2.25 bits per heavy atom. The van der Waals surface area contributed by atoms with Gasteiger partial charge < -0.3 is 14.4 Å². The maximum atomic E-state index is 12.9. The lowest BCUT2D eigenvalue weighted by atomic mass is 10.3. The van der Waals surface area contributed by atoms with E-state index in [0.29, 0.717) is 43.8 Å². The Bertz CT molecular complexity index is 908. The topological polar surface area (TPSA) is 84.9 Å². The number of nitrogens with zero attached hydrogens (tertiary/aromatic N) is 4. The largest absolute Gasteiger partial charge is 0.497 e. The average molecular weight is 407 g/mol. The van der Waals surface area contributed by atoms with E-state index in [1.54, 1.807) is 37.4 Å². The molecule has 0 atom stereocenters. The molecule has 0 radical (unpaired) electrons. The molecule has 152 valence electrons. The lowest BCUT2D eigenvalue weighted by molar-refractivity contribution is 0.232. The van der Waals surface area contributed by atoms with Crippen LogP contribution in [-0.2, 0) is 10.0 Å². The van der Waals surface area contributed by atoms with Crippen molar-refractivity contribution < 1.29 is 17.9 Å². The van der Waals surface area contributed by atoms with Crippen LogP contribution in [0, 0.1) is 6.92 Å². The molecular weight excluding hydrogens is 380 g/mol. The maximum absolute atomic E-state index is 12.9. The number of anilines is 1. The minimum absolute atomic E-state index is 0.0219. The van der Waals surface area contributed by atoms with Crippen LogP contribution in [0.25, 0.3) is 0 Å². The molecule has 0 saturated carbocycles. The van der Waals surface area contributed by atoms with E-state index in [-0.39, 0.29) is 11.0 Å². The maximum Gasteiger partial charge on any atom is 0.243 e. The van der Waals surface area contributed by atoms with Gasteiger partial charge in [0, 0.05) is 37.9 Å². The number of methoxy groups -OCH3 is 1. The van der Waals surface area contributed by atoms with E-state index < -0.39 is 10.0 Å². The molecule has 8 nitrogen and oxygen atoms in total. The van der Waals surface area contributed by atoms with Gasteiger partial charge in [-0.1, -0.05) is 0 Å². The van der Waals surface area contributed by atoms with Gasteiger partial charge in [0.2, 0.25) is 21.9 Å². The Balaban J connectivity index is 1.71. The third kappa shape index (κ3) is 4.53. The van der Waals surface area contributed by atoms with Gasteiger partial charge in [0.15, 0.2) is 0 Å². The zero-order chi connectivity index (χ0) is 20.3. The number of hydrogen-bond acceptors (Lipinski definition) is 7. The zero-order valence-electron chi connectivity index (χ0n) is 16.6. The van der Waals surface area contributed by atoms with Crippen LogP contribution in [0.15, 0.2) is 35.2 Å². The molecule has 1 aromatic heterocycles. The minimum Gasteiger partial charge on any atom is -0.497 e. The Morgan fingerprint density at radius 1 is 1.04 bits per heavy atom. The molecule has 0 spiro atoms. The Morgan fingerprint density at radius 2 is 1.68 bits per heavy atom. The van der Waals surface area contributed by atoms with E-state index in [2.05, 4.69) is 9.97 Å². The van der Waals surface area contributed by atoms with Gasteiger partial charge in [0.25, 0.3) is 0 Å². The van der Waals surface area contributed by atoms with Gasteiger partial charge in [0.1, 0.15) is 5.75 Å². The summed E-state index contributed by atoms with van der Waals surface area (Å²) in [5.74, 6) is 1.72. The van der Waals surface area contributed by atoms with E-state index >= 15 is 0 Å². The predicted octanol–water partition coefficient (Wildman–Crippen LogP) is 2.09. The number of hydrogen-bond donors (Lipinski definition) is 0. The molecular formula is C19H26N4O4S. The zero-order valence-corrected chi connectivity index (χ0v) is 17.4. The third-order valence-electron chi connectivity index (χ3n) is 4.39. The molecule has 1 fully saturated rings. The summed E-state index contributed by atoms with van der Waals surface area (Å²) in [7, 11) is -1.99. The summed E-state index contributed by atoms with van der Waals surface area (Å²) in [6, 6.07) is 8.24. The Hall–Kier alpha value is -2.39. The standard InChI is InChI=1S/C19H26N4O4S/c1-14(2)27-18-13-15(3)20-19(21-18)22-9-11-23(12-10-22)28(24,25)17-7-5-16(26-4)6-8-17/h5-8,13-14H,9-12H2,1-4H3. The molecule has 1 aliphatic heterocycles. The number of aromatic nitrogens is 2. The smallest absolute Gasteiger partial charge is 0.243 e. The van der Waals surface area contributed by atoms with Crippen LogP contribution in [0.5, 0.6) is 11.6 Å². The summed E-state index contributed by atoms with van der Waals surface area (Å²) in [6.45, 7) is 7.54. The number of sulfonamides is 1. The highest BCUT2D eigenvalue weighted by Gasteiger charge is 2.29. The summed E-state index contributed by atoms with van der Waals surface area (Å²) in [4.78, 5) is 11.2. The van der Waals surface area contributed by atoms with E-state index in [0.717, 1.165) is 5.69 Å². The van der Waals surface area contributed by atoms with Crippen molar-refractivity contribution in [3.05, 3.63) is 36.0 Å². The summed E-state index contributed by atoms with van der Waals surface area (Å²) >= 11 is 0. The van der Waals surface area contributed by atoms with Crippen molar-refractivity contribution in [1.29, 1.82) is 0 Å². The van der Waals surface area contributed by atoms with Crippen molar-refractivity contribution in [3.8, 4) is 11.6 Å². The predicted molar refractivity (Wildman–Crippen MR) is 106 cm³/mol. The summed E-state index contributed by atoms with van der Waals surface area (Å²) in [5, 5.41) is 0. The van der Waals surface area contributed by atoms with Gasteiger partial charge in [-0.3, -0.25) is 0 Å². The molecule has 2 aromatic rings. The summed E-state index contributed by atoms with van der Waals surface area (Å²) < 4.78 is 38.0. The van der Waals surface area contributed by atoms with Gasteiger partial charge in [-0.15, -0.1) is 0 Å². The lowest BCUT2D eigenvalue weighted by Crippen LogP contribution is -2.49. The molecule has 0 bridgehead atoms. The van der Waals surface area contributed by atoms with E-state index in [4.69, 9.17) is 9.47 Å².